The van der Waals surface area contributed by atoms with Gasteiger partial charge in [0.1, 0.15) is 0 Å². The minimum atomic E-state index is -0.536. The summed E-state index contributed by atoms with van der Waals surface area (Å²) in [5.74, 6) is 0. The van der Waals surface area contributed by atoms with Gasteiger partial charge in [0.25, 0.3) is 0 Å². The maximum atomic E-state index is 9.90. The summed E-state index contributed by atoms with van der Waals surface area (Å²) >= 11 is 12.4. The Bertz CT molecular complexity index is 700. The molecule has 1 atom stereocenters. The van der Waals surface area contributed by atoms with E-state index in [9.17, 15) is 5.11 Å². The van der Waals surface area contributed by atoms with Crippen molar-refractivity contribution >= 4 is 34.6 Å². The standard InChI is InChI=1S/C16H14Cl2N2O/c17-10-5-6-15-13(7-10)16(20-9-11(21)8-19-15)12-3-1-2-4-14(12)18/h1-7,11,19,21H,8-9H2. The van der Waals surface area contributed by atoms with Crippen LogP contribution in [0.2, 0.25) is 10.0 Å². The Morgan fingerprint density at radius 1 is 1.10 bits per heavy atom. The molecule has 1 aliphatic rings. The van der Waals surface area contributed by atoms with E-state index in [1.54, 1.807) is 0 Å². The zero-order valence-electron chi connectivity index (χ0n) is 11.2. The minimum absolute atomic E-state index is 0.319. The van der Waals surface area contributed by atoms with Crippen molar-refractivity contribution in [3.05, 3.63) is 63.6 Å². The molecule has 0 aliphatic carbocycles. The first-order chi connectivity index (χ1) is 10.1. The van der Waals surface area contributed by atoms with E-state index in [2.05, 4.69) is 10.3 Å². The van der Waals surface area contributed by atoms with Gasteiger partial charge in [-0.25, -0.2) is 0 Å². The molecule has 21 heavy (non-hydrogen) atoms. The first-order valence-corrected chi connectivity index (χ1v) is 7.42. The smallest absolute Gasteiger partial charge is 0.0907 e. The van der Waals surface area contributed by atoms with Gasteiger partial charge < -0.3 is 10.4 Å². The molecule has 0 fully saturated rings. The number of rotatable bonds is 1. The van der Waals surface area contributed by atoms with Crippen LogP contribution in [0, 0.1) is 0 Å². The van der Waals surface area contributed by atoms with Crippen LogP contribution in [-0.4, -0.2) is 30.0 Å². The fraction of sp³-hybridized carbons (Fsp3) is 0.188. The van der Waals surface area contributed by atoms with Gasteiger partial charge >= 0.3 is 0 Å². The highest BCUT2D eigenvalue weighted by Gasteiger charge is 2.18. The van der Waals surface area contributed by atoms with Gasteiger partial charge in [0.2, 0.25) is 0 Å². The number of anilines is 1. The summed E-state index contributed by atoms with van der Waals surface area (Å²) in [7, 11) is 0. The Morgan fingerprint density at radius 3 is 2.71 bits per heavy atom. The molecule has 1 aliphatic heterocycles. The molecule has 0 amide bonds. The maximum absolute atomic E-state index is 9.90. The summed E-state index contributed by atoms with van der Waals surface area (Å²) in [5, 5.41) is 14.4. The van der Waals surface area contributed by atoms with Crippen LogP contribution in [-0.2, 0) is 0 Å². The third-order valence-electron chi connectivity index (χ3n) is 3.35. The van der Waals surface area contributed by atoms with Gasteiger partial charge in [-0.3, -0.25) is 4.99 Å². The monoisotopic (exact) mass is 320 g/mol. The van der Waals surface area contributed by atoms with Crippen LogP contribution >= 0.6 is 23.2 Å². The number of aliphatic imine (C=N–C) groups is 1. The number of halogens is 2. The highest BCUT2D eigenvalue weighted by Crippen LogP contribution is 2.28. The maximum Gasteiger partial charge on any atom is 0.0907 e. The van der Waals surface area contributed by atoms with Crippen LogP contribution < -0.4 is 5.32 Å². The van der Waals surface area contributed by atoms with Gasteiger partial charge in [0.05, 0.1) is 18.4 Å². The zero-order chi connectivity index (χ0) is 14.8. The zero-order valence-corrected chi connectivity index (χ0v) is 12.7. The van der Waals surface area contributed by atoms with Crippen LogP contribution in [0.4, 0.5) is 5.69 Å². The lowest BCUT2D eigenvalue weighted by Gasteiger charge is -2.20. The first kappa shape index (κ1) is 14.4. The molecule has 108 valence electrons. The predicted octanol–water partition coefficient (Wildman–Crippen LogP) is 3.62. The van der Waals surface area contributed by atoms with Gasteiger partial charge in [-0.05, 0) is 24.3 Å². The van der Waals surface area contributed by atoms with E-state index >= 15 is 0 Å². The highest BCUT2D eigenvalue weighted by atomic mass is 35.5. The van der Waals surface area contributed by atoms with E-state index in [0.717, 1.165) is 22.5 Å². The summed E-state index contributed by atoms with van der Waals surface area (Å²) in [4.78, 5) is 4.56. The fourth-order valence-corrected chi connectivity index (χ4v) is 2.72. The number of fused-ring (bicyclic) bond motifs is 1. The number of benzene rings is 2. The largest absolute Gasteiger partial charge is 0.389 e. The van der Waals surface area contributed by atoms with E-state index in [-0.39, 0.29) is 0 Å². The Labute approximate surface area is 133 Å². The fourth-order valence-electron chi connectivity index (χ4n) is 2.32. The molecule has 0 bridgehead atoms. The SMILES string of the molecule is OC1CN=C(c2ccccc2Cl)c2cc(Cl)ccc2NC1. The molecule has 0 saturated carbocycles. The molecule has 0 saturated heterocycles. The van der Waals surface area contributed by atoms with Crippen LogP contribution in [0.1, 0.15) is 11.1 Å². The van der Waals surface area contributed by atoms with Crippen molar-refractivity contribution in [3.63, 3.8) is 0 Å². The molecule has 2 aromatic carbocycles. The molecule has 5 heteroatoms. The second-order valence-electron chi connectivity index (χ2n) is 4.89. The molecule has 0 radical (unpaired) electrons. The third kappa shape index (κ3) is 3.05. The quantitative estimate of drug-likeness (QED) is 0.843. The number of aliphatic hydroxyl groups is 1. The molecule has 2 N–H and O–H groups in total. The lowest BCUT2D eigenvalue weighted by molar-refractivity contribution is 0.196. The molecule has 3 nitrogen and oxygen atoms in total. The van der Waals surface area contributed by atoms with Gasteiger partial charge in [-0.15, -0.1) is 0 Å². The van der Waals surface area contributed by atoms with Gasteiger partial charge in [0, 0.05) is 33.4 Å². The summed E-state index contributed by atoms with van der Waals surface area (Å²) in [6, 6.07) is 13.1. The second kappa shape index (κ2) is 6.06. The van der Waals surface area contributed by atoms with Crippen molar-refractivity contribution in [3.8, 4) is 0 Å². The molecule has 2 aromatic rings. The summed E-state index contributed by atoms with van der Waals surface area (Å²) in [6.07, 6.45) is -0.536. The van der Waals surface area contributed by atoms with Crippen molar-refractivity contribution in [2.24, 2.45) is 4.99 Å². The normalized spacial score (nSPS) is 18.0. The highest BCUT2D eigenvalue weighted by molar-refractivity contribution is 6.36. The van der Waals surface area contributed by atoms with Crippen LogP contribution in [0.15, 0.2) is 47.5 Å². The molecule has 1 heterocycles. The van der Waals surface area contributed by atoms with E-state index in [0.29, 0.717) is 23.1 Å². The summed E-state index contributed by atoms with van der Waals surface area (Å²) in [5.41, 5.74) is 3.35. The second-order valence-corrected chi connectivity index (χ2v) is 5.74. The molecular formula is C16H14Cl2N2O. The van der Waals surface area contributed by atoms with Crippen molar-refractivity contribution < 1.29 is 5.11 Å². The first-order valence-electron chi connectivity index (χ1n) is 6.66. The van der Waals surface area contributed by atoms with Crippen molar-refractivity contribution in [2.75, 3.05) is 18.4 Å². The van der Waals surface area contributed by atoms with Crippen molar-refractivity contribution in [2.45, 2.75) is 6.10 Å². The van der Waals surface area contributed by atoms with E-state index in [1.807, 2.05) is 42.5 Å². The minimum Gasteiger partial charge on any atom is -0.389 e. The summed E-state index contributed by atoms with van der Waals surface area (Å²) < 4.78 is 0. The van der Waals surface area contributed by atoms with Gasteiger partial charge in [0.15, 0.2) is 0 Å². The van der Waals surface area contributed by atoms with Crippen molar-refractivity contribution in [1.29, 1.82) is 0 Å². The Morgan fingerprint density at radius 2 is 1.90 bits per heavy atom. The number of β-amino-alcohol motifs (C(OH)–C–C–N with tert-alkyl or cyclic N) is 1. The molecule has 0 spiro atoms. The van der Waals surface area contributed by atoms with Crippen molar-refractivity contribution in [1.82, 2.24) is 0 Å². The van der Waals surface area contributed by atoms with Gasteiger partial charge in [-0.1, -0.05) is 41.4 Å². The lowest BCUT2D eigenvalue weighted by atomic mass is 9.99. The van der Waals surface area contributed by atoms with E-state index < -0.39 is 6.10 Å². The van der Waals surface area contributed by atoms with Crippen LogP contribution in [0.3, 0.4) is 0 Å². The molecule has 0 aromatic heterocycles. The third-order valence-corrected chi connectivity index (χ3v) is 3.92. The number of hydrogen-bond donors (Lipinski definition) is 2. The number of aliphatic hydroxyl groups excluding tert-OH is 1. The number of nitrogens with zero attached hydrogens (tertiary/aromatic N) is 1. The van der Waals surface area contributed by atoms with Gasteiger partial charge in [-0.2, -0.15) is 0 Å². The topological polar surface area (TPSA) is 44.6 Å². The van der Waals surface area contributed by atoms with E-state index in [1.165, 1.54) is 0 Å². The molecule has 3 rings (SSSR count). The Kier molecular flexibility index (Phi) is 4.15. The van der Waals surface area contributed by atoms with Crippen LogP contribution in [0.25, 0.3) is 0 Å². The number of nitrogens with one attached hydrogen (secondary N) is 1. The Balaban J connectivity index is 2.19. The molecule has 1 unspecified atom stereocenters. The van der Waals surface area contributed by atoms with E-state index in [4.69, 9.17) is 23.2 Å². The Hall–Kier alpha value is -1.55. The lowest BCUT2D eigenvalue weighted by Crippen LogP contribution is -2.26. The number of hydrogen-bond acceptors (Lipinski definition) is 3. The average molecular weight is 321 g/mol. The predicted molar refractivity (Wildman–Crippen MR) is 87.9 cm³/mol. The average Bonchev–Trinajstić information content (AvgIpc) is 2.46. The molecular weight excluding hydrogens is 307 g/mol. The summed E-state index contributed by atoms with van der Waals surface area (Å²) in [6.45, 7) is 0.771. The van der Waals surface area contributed by atoms with Crippen LogP contribution in [0.5, 0.6) is 0 Å².